The molecular formula is C44H38N2O6. The summed E-state index contributed by atoms with van der Waals surface area (Å²) >= 11 is 0. The van der Waals surface area contributed by atoms with Crippen molar-refractivity contribution in [3.8, 4) is 23.0 Å². The van der Waals surface area contributed by atoms with Gasteiger partial charge in [-0.25, -0.2) is 0 Å². The highest BCUT2D eigenvalue weighted by Crippen LogP contribution is 2.51. The maximum absolute atomic E-state index is 13.4. The number of hydrogen-bond donors (Lipinski definition) is 6. The van der Waals surface area contributed by atoms with Crippen molar-refractivity contribution in [3.63, 3.8) is 0 Å². The first kappa shape index (κ1) is 33.9. The molecule has 0 saturated carbocycles. The molecule has 8 nitrogen and oxygen atoms in total. The Morgan fingerprint density at radius 3 is 1.31 bits per heavy atom. The lowest BCUT2D eigenvalue weighted by Crippen LogP contribution is -2.37. The molecule has 0 saturated heterocycles. The van der Waals surface area contributed by atoms with E-state index in [2.05, 4.69) is 10.6 Å². The van der Waals surface area contributed by atoms with Crippen LogP contribution in [0.4, 0.5) is 11.4 Å². The SMILES string of the molecule is Cc1cc(C)c2c(c1)C(c1ccc(O)cc1)(c1ccc(O)cc1)C(=O)N2.Cc1ccc2c(c1C)C(c1ccc(O)cc1)(c1ccc(O)cc1)C(=O)N2. The van der Waals surface area contributed by atoms with E-state index in [1.165, 1.54) is 0 Å². The molecule has 52 heavy (non-hydrogen) atoms. The van der Waals surface area contributed by atoms with Crippen LogP contribution in [0.25, 0.3) is 0 Å². The molecule has 6 aromatic carbocycles. The van der Waals surface area contributed by atoms with Crippen molar-refractivity contribution >= 4 is 23.2 Å². The highest BCUT2D eigenvalue weighted by molar-refractivity contribution is 6.13. The van der Waals surface area contributed by atoms with E-state index >= 15 is 0 Å². The Hall–Kier alpha value is -6.54. The van der Waals surface area contributed by atoms with Crippen molar-refractivity contribution in [1.29, 1.82) is 0 Å². The van der Waals surface area contributed by atoms with E-state index < -0.39 is 10.8 Å². The molecule has 0 aromatic heterocycles. The lowest BCUT2D eigenvalue weighted by Gasteiger charge is -2.30. The van der Waals surface area contributed by atoms with Gasteiger partial charge in [0.05, 0.1) is 0 Å². The fourth-order valence-electron chi connectivity index (χ4n) is 7.79. The Bertz CT molecular complexity index is 2250. The van der Waals surface area contributed by atoms with Gasteiger partial charge in [0.25, 0.3) is 0 Å². The molecule has 6 aromatic rings. The molecule has 0 atom stereocenters. The minimum absolute atomic E-state index is 0.141. The number of amides is 2. The second-order valence-corrected chi connectivity index (χ2v) is 13.5. The smallest absolute Gasteiger partial charge is 0.244 e. The van der Waals surface area contributed by atoms with Crippen LogP contribution >= 0.6 is 0 Å². The number of rotatable bonds is 4. The molecule has 8 rings (SSSR count). The number of aromatic hydroxyl groups is 4. The molecule has 0 unspecified atom stereocenters. The van der Waals surface area contributed by atoms with E-state index in [1.54, 1.807) is 97.1 Å². The zero-order valence-electron chi connectivity index (χ0n) is 29.2. The number of benzene rings is 6. The summed E-state index contributed by atoms with van der Waals surface area (Å²) in [6.07, 6.45) is 0. The molecule has 0 radical (unpaired) electrons. The second kappa shape index (κ2) is 12.7. The molecular weight excluding hydrogens is 652 g/mol. The van der Waals surface area contributed by atoms with Crippen molar-refractivity contribution in [2.24, 2.45) is 0 Å². The lowest BCUT2D eigenvalue weighted by molar-refractivity contribution is -0.119. The van der Waals surface area contributed by atoms with Crippen LogP contribution in [-0.4, -0.2) is 32.2 Å². The van der Waals surface area contributed by atoms with E-state index in [0.717, 1.165) is 67.0 Å². The molecule has 0 aliphatic carbocycles. The molecule has 2 aliphatic heterocycles. The fourth-order valence-corrected chi connectivity index (χ4v) is 7.79. The average Bonchev–Trinajstić information content (AvgIpc) is 3.59. The van der Waals surface area contributed by atoms with Crippen LogP contribution < -0.4 is 10.6 Å². The zero-order chi connectivity index (χ0) is 36.9. The first-order valence-corrected chi connectivity index (χ1v) is 16.9. The van der Waals surface area contributed by atoms with Crippen LogP contribution in [0, 0.1) is 27.7 Å². The third kappa shape index (κ3) is 5.22. The minimum Gasteiger partial charge on any atom is -0.508 e. The van der Waals surface area contributed by atoms with Gasteiger partial charge in [0, 0.05) is 22.5 Å². The van der Waals surface area contributed by atoms with Crippen LogP contribution in [0.3, 0.4) is 0 Å². The number of carbonyl (C=O) groups excluding carboxylic acids is 2. The highest BCUT2D eigenvalue weighted by atomic mass is 16.3. The standard InChI is InChI=1S/2C22H19NO3/c1-13-3-12-19-20(14(13)2)22(21(26)23-19,15-4-8-17(24)9-5-15)16-6-10-18(25)11-7-16;1-13-11-14(2)20-19(12-13)22(21(26)23-20,15-3-7-17(24)8-4-15)16-5-9-18(25)10-6-16/h2*3-12,24-25H,1-2H3,(H,23,26). The van der Waals surface area contributed by atoms with E-state index in [4.69, 9.17) is 0 Å². The average molecular weight is 691 g/mol. The first-order valence-electron chi connectivity index (χ1n) is 16.9. The van der Waals surface area contributed by atoms with Crippen molar-refractivity contribution in [2.45, 2.75) is 38.5 Å². The summed E-state index contributed by atoms with van der Waals surface area (Å²) in [5.74, 6) is 0.306. The van der Waals surface area contributed by atoms with Crippen LogP contribution in [0.15, 0.2) is 121 Å². The van der Waals surface area contributed by atoms with Crippen molar-refractivity contribution in [1.82, 2.24) is 0 Å². The molecule has 0 bridgehead atoms. The van der Waals surface area contributed by atoms with Crippen LogP contribution in [0.1, 0.15) is 55.6 Å². The molecule has 8 heteroatoms. The number of nitrogens with one attached hydrogen (secondary N) is 2. The van der Waals surface area contributed by atoms with Crippen molar-refractivity contribution in [2.75, 3.05) is 10.6 Å². The molecule has 6 N–H and O–H groups in total. The van der Waals surface area contributed by atoms with Gasteiger partial charge >= 0.3 is 0 Å². The quantitative estimate of drug-likeness (QED) is 0.111. The van der Waals surface area contributed by atoms with Gasteiger partial charge in [-0.2, -0.15) is 0 Å². The Morgan fingerprint density at radius 1 is 0.462 bits per heavy atom. The van der Waals surface area contributed by atoms with Crippen molar-refractivity contribution < 1.29 is 30.0 Å². The van der Waals surface area contributed by atoms with Gasteiger partial charge < -0.3 is 31.1 Å². The van der Waals surface area contributed by atoms with Gasteiger partial charge in [-0.05, 0) is 121 Å². The van der Waals surface area contributed by atoms with Gasteiger partial charge in [0.15, 0.2) is 0 Å². The number of hydrogen-bond acceptors (Lipinski definition) is 6. The summed E-state index contributed by atoms with van der Waals surface area (Å²) in [5.41, 5.74) is 8.63. The normalized spacial score (nSPS) is 14.8. The number of fused-ring (bicyclic) bond motifs is 2. The van der Waals surface area contributed by atoms with Gasteiger partial charge in [-0.1, -0.05) is 72.3 Å². The number of phenolic OH excluding ortho intramolecular Hbond substituents is 4. The van der Waals surface area contributed by atoms with E-state index in [1.807, 2.05) is 52.0 Å². The number of carbonyl (C=O) groups is 2. The third-order valence-corrected chi connectivity index (χ3v) is 10.4. The fraction of sp³-hybridized carbons (Fsp3) is 0.136. The van der Waals surface area contributed by atoms with Gasteiger partial charge in [-0.3, -0.25) is 9.59 Å². The van der Waals surface area contributed by atoms with Crippen molar-refractivity contribution in [3.05, 3.63) is 177 Å². The number of phenols is 4. The summed E-state index contributed by atoms with van der Waals surface area (Å²) in [6, 6.07) is 34.9. The maximum Gasteiger partial charge on any atom is 0.244 e. The number of anilines is 2. The van der Waals surface area contributed by atoms with Crippen LogP contribution in [-0.2, 0) is 20.4 Å². The molecule has 2 aliphatic rings. The predicted molar refractivity (Wildman–Crippen MR) is 201 cm³/mol. The summed E-state index contributed by atoms with van der Waals surface area (Å²) in [7, 11) is 0. The molecule has 2 heterocycles. The Balaban J connectivity index is 0.000000162. The Labute approximate surface area is 301 Å². The predicted octanol–water partition coefficient (Wildman–Crippen LogP) is 8.00. The van der Waals surface area contributed by atoms with Crippen LogP contribution in [0.5, 0.6) is 23.0 Å². The molecule has 2 amide bonds. The lowest BCUT2D eigenvalue weighted by atomic mass is 9.68. The van der Waals surface area contributed by atoms with E-state index in [-0.39, 0.29) is 34.8 Å². The minimum atomic E-state index is -1.03. The van der Waals surface area contributed by atoms with Gasteiger partial charge in [0.2, 0.25) is 11.8 Å². The summed E-state index contributed by atoms with van der Waals surface area (Å²) < 4.78 is 0. The highest BCUT2D eigenvalue weighted by Gasteiger charge is 2.52. The molecule has 260 valence electrons. The summed E-state index contributed by atoms with van der Waals surface area (Å²) in [6.45, 7) is 8.03. The van der Waals surface area contributed by atoms with E-state index in [0.29, 0.717) is 0 Å². The van der Waals surface area contributed by atoms with E-state index in [9.17, 15) is 30.0 Å². The maximum atomic E-state index is 13.4. The Kier molecular flexibility index (Phi) is 8.26. The van der Waals surface area contributed by atoms with Gasteiger partial charge in [-0.15, -0.1) is 0 Å². The molecule has 0 fully saturated rings. The summed E-state index contributed by atoms with van der Waals surface area (Å²) in [5, 5.41) is 44.9. The van der Waals surface area contributed by atoms with Gasteiger partial charge in [0.1, 0.15) is 33.8 Å². The summed E-state index contributed by atoms with van der Waals surface area (Å²) in [4.78, 5) is 26.7. The topological polar surface area (TPSA) is 139 Å². The second-order valence-electron chi connectivity index (χ2n) is 13.5. The largest absolute Gasteiger partial charge is 0.508 e. The first-order chi connectivity index (χ1) is 24.9. The zero-order valence-corrected chi connectivity index (χ0v) is 29.2. The number of aryl methyl sites for hydroxylation is 3. The third-order valence-electron chi connectivity index (χ3n) is 10.4. The molecule has 0 spiro atoms. The van der Waals surface area contributed by atoms with Crippen LogP contribution in [0.2, 0.25) is 0 Å². The Morgan fingerprint density at radius 2 is 0.865 bits per heavy atom. The monoisotopic (exact) mass is 690 g/mol.